The molecule has 0 rings (SSSR count). The predicted molar refractivity (Wildman–Crippen MR) is 405 cm³/mol. The molecule has 19 heteroatoms. The fraction of sp³-hybridized carbons (Fsp3) is 0.950. The molecule has 0 saturated carbocycles. The molecule has 0 radical (unpaired) electrons. The van der Waals surface area contributed by atoms with Gasteiger partial charge in [0.05, 0.1) is 26.4 Å². The normalized spacial score (nSPS) is 14.2. The van der Waals surface area contributed by atoms with Crippen molar-refractivity contribution in [2.45, 2.75) is 439 Å². The summed E-state index contributed by atoms with van der Waals surface area (Å²) in [5.41, 5.74) is 0. The molecular formula is C80H156O17P2. The van der Waals surface area contributed by atoms with Crippen LogP contribution in [0.3, 0.4) is 0 Å². The van der Waals surface area contributed by atoms with Gasteiger partial charge < -0.3 is 33.8 Å². The molecule has 0 aromatic heterocycles. The van der Waals surface area contributed by atoms with Crippen molar-refractivity contribution >= 4 is 39.5 Å². The zero-order chi connectivity index (χ0) is 72.8. The van der Waals surface area contributed by atoms with E-state index in [0.29, 0.717) is 25.7 Å². The van der Waals surface area contributed by atoms with Crippen LogP contribution in [0.15, 0.2) is 0 Å². The van der Waals surface area contributed by atoms with Crippen molar-refractivity contribution in [3.05, 3.63) is 0 Å². The van der Waals surface area contributed by atoms with Crippen molar-refractivity contribution < 1.29 is 80.2 Å². The second kappa shape index (κ2) is 71.7. The Morgan fingerprint density at radius 3 is 0.768 bits per heavy atom. The molecule has 0 amide bonds. The lowest BCUT2D eigenvalue weighted by Gasteiger charge is -2.21. The van der Waals surface area contributed by atoms with Crippen LogP contribution in [0, 0.1) is 11.8 Å². The SMILES string of the molecule is CCCCCCCCCCCCCCCCCCCC(=O)OC[C@H](COP(=O)(O)OC[C@@H](O)COP(=O)(O)OC[C@@H](COC(=O)CCCCCCCCCCCCC)OC(=O)CCCCCCCCCCC(C)CC)OC(=O)CCCCCCCCCCCCCCCCCCC(C)C. The number of phosphoric acid groups is 2. The number of phosphoric ester groups is 2. The third-order valence-electron chi connectivity index (χ3n) is 19.1. The first-order valence-electron chi connectivity index (χ1n) is 41.5. The van der Waals surface area contributed by atoms with Gasteiger partial charge in [0.25, 0.3) is 0 Å². The van der Waals surface area contributed by atoms with Crippen LogP contribution in [-0.4, -0.2) is 96.7 Å². The molecule has 0 saturated heterocycles. The molecule has 3 N–H and O–H groups in total. The number of carbonyl (C=O) groups excluding carboxylic acids is 4. The van der Waals surface area contributed by atoms with E-state index in [0.717, 1.165) is 102 Å². The van der Waals surface area contributed by atoms with E-state index in [1.165, 1.54) is 238 Å². The zero-order valence-electron chi connectivity index (χ0n) is 64.8. The monoisotopic (exact) mass is 1450 g/mol. The molecule has 588 valence electrons. The molecule has 0 aromatic carbocycles. The van der Waals surface area contributed by atoms with E-state index in [9.17, 15) is 43.2 Å². The van der Waals surface area contributed by atoms with Crippen molar-refractivity contribution in [3.8, 4) is 0 Å². The number of hydrogen-bond donors (Lipinski definition) is 3. The molecule has 17 nitrogen and oxygen atoms in total. The van der Waals surface area contributed by atoms with Gasteiger partial charge >= 0.3 is 39.5 Å². The number of unbranched alkanes of at least 4 members (excludes halogenated alkanes) is 48. The molecule has 6 atom stereocenters. The minimum atomic E-state index is -4.96. The first kappa shape index (κ1) is 97.1. The summed E-state index contributed by atoms with van der Waals surface area (Å²) in [5.74, 6) is -0.531. The first-order chi connectivity index (χ1) is 47.9. The number of esters is 4. The van der Waals surface area contributed by atoms with Gasteiger partial charge in [0, 0.05) is 25.7 Å². The first-order valence-corrected chi connectivity index (χ1v) is 44.5. The third-order valence-corrected chi connectivity index (χ3v) is 21.0. The van der Waals surface area contributed by atoms with Crippen LogP contribution in [0.2, 0.25) is 0 Å². The number of ether oxygens (including phenoxy) is 4. The number of hydrogen-bond acceptors (Lipinski definition) is 15. The van der Waals surface area contributed by atoms with E-state index in [4.69, 9.17) is 37.0 Å². The minimum absolute atomic E-state index is 0.105. The highest BCUT2D eigenvalue weighted by atomic mass is 31.2. The summed E-state index contributed by atoms with van der Waals surface area (Å²) in [6.07, 6.45) is 60.9. The second-order valence-electron chi connectivity index (χ2n) is 29.5. The summed E-state index contributed by atoms with van der Waals surface area (Å²) >= 11 is 0. The summed E-state index contributed by atoms with van der Waals surface area (Å²) in [6, 6.07) is 0. The highest BCUT2D eigenvalue weighted by molar-refractivity contribution is 7.47. The molecule has 0 aromatic rings. The smallest absolute Gasteiger partial charge is 0.462 e. The maximum atomic E-state index is 13.1. The van der Waals surface area contributed by atoms with Crippen LogP contribution in [0.4, 0.5) is 0 Å². The molecular weight excluding hydrogens is 1290 g/mol. The van der Waals surface area contributed by atoms with Gasteiger partial charge in [0.15, 0.2) is 12.2 Å². The van der Waals surface area contributed by atoms with Gasteiger partial charge in [-0.25, -0.2) is 9.13 Å². The Bertz CT molecular complexity index is 1910. The molecule has 0 bridgehead atoms. The Labute approximate surface area is 607 Å². The number of carbonyl (C=O) groups is 4. The van der Waals surface area contributed by atoms with E-state index in [2.05, 4.69) is 41.5 Å². The van der Waals surface area contributed by atoms with Gasteiger partial charge in [-0.3, -0.25) is 37.3 Å². The van der Waals surface area contributed by atoms with Crippen LogP contribution >= 0.6 is 15.6 Å². The number of aliphatic hydroxyl groups excluding tert-OH is 1. The molecule has 0 aliphatic heterocycles. The number of aliphatic hydroxyl groups is 1. The van der Waals surface area contributed by atoms with Crippen molar-refractivity contribution in [2.24, 2.45) is 11.8 Å². The van der Waals surface area contributed by atoms with Crippen molar-refractivity contribution in [1.29, 1.82) is 0 Å². The maximum absolute atomic E-state index is 13.1. The summed E-state index contributed by atoms with van der Waals surface area (Å²) in [6.45, 7) is 9.65. The highest BCUT2D eigenvalue weighted by Gasteiger charge is 2.30. The van der Waals surface area contributed by atoms with Gasteiger partial charge in [-0.1, -0.05) is 369 Å². The predicted octanol–water partition coefficient (Wildman–Crippen LogP) is 23.9. The molecule has 0 spiro atoms. The largest absolute Gasteiger partial charge is 0.472 e. The van der Waals surface area contributed by atoms with Crippen LogP contribution in [0.5, 0.6) is 0 Å². The third kappa shape index (κ3) is 72.8. The van der Waals surface area contributed by atoms with Crippen LogP contribution in [0.1, 0.15) is 420 Å². The maximum Gasteiger partial charge on any atom is 0.472 e. The molecule has 0 heterocycles. The Balaban J connectivity index is 5.24. The Morgan fingerprint density at radius 1 is 0.293 bits per heavy atom. The van der Waals surface area contributed by atoms with Crippen molar-refractivity contribution in [2.75, 3.05) is 39.6 Å². The average molecular weight is 1450 g/mol. The topological polar surface area (TPSA) is 237 Å². The Kier molecular flexibility index (Phi) is 70.3. The minimum Gasteiger partial charge on any atom is -0.462 e. The quantitative estimate of drug-likeness (QED) is 0.0222. The highest BCUT2D eigenvalue weighted by Crippen LogP contribution is 2.45. The van der Waals surface area contributed by atoms with Gasteiger partial charge in [-0.2, -0.15) is 0 Å². The summed E-state index contributed by atoms with van der Waals surface area (Å²) < 4.78 is 68.7. The van der Waals surface area contributed by atoms with E-state index in [1.807, 2.05) is 0 Å². The van der Waals surface area contributed by atoms with Gasteiger partial charge in [0.1, 0.15) is 19.3 Å². The van der Waals surface area contributed by atoms with Crippen molar-refractivity contribution in [1.82, 2.24) is 0 Å². The van der Waals surface area contributed by atoms with E-state index in [1.54, 1.807) is 0 Å². The summed E-state index contributed by atoms with van der Waals surface area (Å²) in [5, 5.41) is 10.6. The van der Waals surface area contributed by atoms with Crippen LogP contribution in [-0.2, 0) is 65.4 Å². The van der Waals surface area contributed by atoms with E-state index < -0.39 is 97.5 Å². The number of rotatable bonds is 79. The van der Waals surface area contributed by atoms with Gasteiger partial charge in [-0.15, -0.1) is 0 Å². The lowest BCUT2D eigenvalue weighted by atomic mass is 9.99. The molecule has 0 fully saturated rings. The molecule has 3 unspecified atom stereocenters. The van der Waals surface area contributed by atoms with Crippen molar-refractivity contribution in [3.63, 3.8) is 0 Å². The fourth-order valence-electron chi connectivity index (χ4n) is 12.3. The Morgan fingerprint density at radius 2 is 0.515 bits per heavy atom. The molecule has 99 heavy (non-hydrogen) atoms. The lowest BCUT2D eigenvalue weighted by Crippen LogP contribution is -2.30. The van der Waals surface area contributed by atoms with Crippen LogP contribution < -0.4 is 0 Å². The summed E-state index contributed by atoms with van der Waals surface area (Å²) in [7, 11) is -9.92. The Hall–Kier alpha value is -1.94. The zero-order valence-corrected chi connectivity index (χ0v) is 66.6. The van der Waals surface area contributed by atoms with Crippen LogP contribution in [0.25, 0.3) is 0 Å². The molecule has 0 aliphatic rings. The second-order valence-corrected chi connectivity index (χ2v) is 32.4. The summed E-state index contributed by atoms with van der Waals surface area (Å²) in [4.78, 5) is 73.0. The fourth-order valence-corrected chi connectivity index (χ4v) is 13.9. The standard InChI is InChI=1S/C80H156O17P2/c1-7-10-12-14-16-18-20-21-22-23-27-30-34-38-45-51-57-63-78(83)91-68-75(96-79(84)64-58-52-46-39-35-31-28-25-24-26-29-33-36-42-48-54-60-72(4)5)70-94-98(86,87)92-66-74(81)67-93-99(88,89)95-71-76(69-90-77(82)62-56-50-44-37-32-19-17-15-13-11-8-2)97-80(85)65-59-53-47-41-40-43-49-55-61-73(6)9-3/h72-76,81H,7-71H2,1-6H3,(H,86,87)(H,88,89)/t73?,74-,75-,76-/m1/s1. The van der Waals surface area contributed by atoms with E-state index in [-0.39, 0.29) is 25.7 Å². The van der Waals surface area contributed by atoms with Gasteiger partial charge in [-0.05, 0) is 37.5 Å². The van der Waals surface area contributed by atoms with E-state index >= 15 is 0 Å². The lowest BCUT2D eigenvalue weighted by molar-refractivity contribution is -0.161. The molecule has 0 aliphatic carbocycles. The van der Waals surface area contributed by atoms with Gasteiger partial charge in [0.2, 0.25) is 0 Å². The average Bonchev–Trinajstić information content (AvgIpc) is 1.44.